The van der Waals surface area contributed by atoms with Crippen molar-refractivity contribution in [3.63, 3.8) is 0 Å². The van der Waals surface area contributed by atoms with E-state index in [4.69, 9.17) is 5.10 Å². The van der Waals surface area contributed by atoms with Gasteiger partial charge in [-0.3, -0.25) is 14.4 Å². The molecule has 1 fully saturated rings. The molecule has 1 N–H and O–H groups in total. The van der Waals surface area contributed by atoms with Crippen molar-refractivity contribution in [1.82, 2.24) is 20.0 Å². The number of rotatable bonds is 4. The maximum Gasteiger partial charge on any atom is 0.166 e. The third-order valence-corrected chi connectivity index (χ3v) is 5.12. The van der Waals surface area contributed by atoms with Gasteiger partial charge in [-0.1, -0.05) is 30.3 Å². The Morgan fingerprint density at radius 2 is 1.96 bits per heavy atom. The first kappa shape index (κ1) is 15.5. The number of benzene rings is 1. The molecule has 0 spiro atoms. The molecule has 3 heterocycles. The first-order valence-electron chi connectivity index (χ1n) is 8.87. The number of hydrogen-bond donors (Lipinski definition) is 1. The maximum absolute atomic E-state index is 12.6. The molecule has 0 saturated carbocycles. The van der Waals surface area contributed by atoms with Crippen molar-refractivity contribution in [3.05, 3.63) is 53.3 Å². The lowest BCUT2D eigenvalue weighted by molar-refractivity contribution is 0.0833. The van der Waals surface area contributed by atoms with Crippen LogP contribution in [0.2, 0.25) is 0 Å². The lowest BCUT2D eigenvalue weighted by atomic mass is 9.89. The molecule has 1 saturated heterocycles. The van der Waals surface area contributed by atoms with Crippen molar-refractivity contribution in [2.45, 2.75) is 32.5 Å². The molecular weight excluding hydrogens is 300 g/mol. The first-order valence-corrected chi connectivity index (χ1v) is 8.87. The van der Waals surface area contributed by atoms with Gasteiger partial charge in [0.2, 0.25) is 0 Å². The van der Waals surface area contributed by atoms with Crippen LogP contribution in [-0.4, -0.2) is 40.1 Å². The number of carbonyl (C=O) groups excluding carboxylic acids is 1. The smallest absolute Gasteiger partial charge is 0.166 e. The van der Waals surface area contributed by atoms with E-state index in [9.17, 15) is 4.79 Å². The fourth-order valence-electron chi connectivity index (χ4n) is 3.75. The van der Waals surface area contributed by atoms with Crippen LogP contribution in [0, 0.1) is 5.92 Å². The van der Waals surface area contributed by atoms with Crippen LogP contribution in [0.3, 0.4) is 0 Å². The Balaban J connectivity index is 1.33. The van der Waals surface area contributed by atoms with Gasteiger partial charge in [0, 0.05) is 31.1 Å². The molecule has 126 valence electrons. The number of piperidine rings is 1. The molecule has 1 aromatic carbocycles. The zero-order chi connectivity index (χ0) is 16.4. The van der Waals surface area contributed by atoms with E-state index in [0.717, 1.165) is 63.4 Å². The standard InChI is InChI=1S/C19H24N4O/c24-19(15-4-2-1-3-5-15)16-6-9-22(10-7-16)14-17-12-18-13-20-8-11-23(18)21-17/h1-5,12,16,20H,6-11,13-14H2. The zero-order valence-electron chi connectivity index (χ0n) is 13.9. The number of nitrogens with one attached hydrogen (secondary N) is 1. The quantitative estimate of drug-likeness (QED) is 0.875. The topological polar surface area (TPSA) is 50.2 Å². The van der Waals surface area contributed by atoms with E-state index in [1.165, 1.54) is 5.69 Å². The summed E-state index contributed by atoms with van der Waals surface area (Å²) in [6, 6.07) is 11.9. The molecule has 0 bridgehead atoms. The van der Waals surface area contributed by atoms with Gasteiger partial charge in [-0.15, -0.1) is 0 Å². The average molecular weight is 324 g/mol. The molecule has 2 aliphatic heterocycles. The normalized spacial score (nSPS) is 19.2. The van der Waals surface area contributed by atoms with E-state index in [2.05, 4.69) is 21.0 Å². The molecule has 4 rings (SSSR count). The Bertz CT molecular complexity index is 678. The Hall–Kier alpha value is -1.98. The van der Waals surface area contributed by atoms with Crippen molar-refractivity contribution in [2.24, 2.45) is 5.92 Å². The molecular formula is C19H24N4O. The monoisotopic (exact) mass is 324 g/mol. The number of Topliss-reactive ketones (excluding diaryl/α,β-unsaturated/α-hetero) is 1. The molecule has 2 aliphatic rings. The van der Waals surface area contributed by atoms with Gasteiger partial charge in [-0.05, 0) is 32.0 Å². The molecule has 0 radical (unpaired) electrons. The van der Waals surface area contributed by atoms with Crippen LogP contribution in [0.4, 0.5) is 0 Å². The molecule has 5 heteroatoms. The summed E-state index contributed by atoms with van der Waals surface area (Å²) in [7, 11) is 0. The van der Waals surface area contributed by atoms with Crippen molar-refractivity contribution in [2.75, 3.05) is 19.6 Å². The third kappa shape index (κ3) is 3.28. The predicted octanol–water partition coefficient (Wildman–Crippen LogP) is 2.08. The molecule has 24 heavy (non-hydrogen) atoms. The highest BCUT2D eigenvalue weighted by Gasteiger charge is 2.26. The highest BCUT2D eigenvalue weighted by atomic mass is 16.1. The van der Waals surface area contributed by atoms with E-state index >= 15 is 0 Å². The van der Waals surface area contributed by atoms with Crippen LogP contribution in [-0.2, 0) is 19.6 Å². The molecule has 0 atom stereocenters. The number of likely N-dealkylation sites (tertiary alicyclic amines) is 1. The molecule has 2 aromatic rings. The molecule has 0 aliphatic carbocycles. The van der Waals surface area contributed by atoms with Gasteiger partial charge in [0.1, 0.15) is 0 Å². The summed E-state index contributed by atoms with van der Waals surface area (Å²) >= 11 is 0. The zero-order valence-corrected chi connectivity index (χ0v) is 13.9. The molecule has 0 amide bonds. The van der Waals surface area contributed by atoms with Crippen molar-refractivity contribution in [1.29, 1.82) is 0 Å². The highest BCUT2D eigenvalue weighted by molar-refractivity contribution is 5.97. The average Bonchev–Trinajstić information content (AvgIpc) is 3.05. The number of ketones is 1. The predicted molar refractivity (Wildman–Crippen MR) is 92.7 cm³/mol. The second kappa shape index (κ2) is 6.87. The Labute approximate surface area is 142 Å². The summed E-state index contributed by atoms with van der Waals surface area (Å²) in [6.07, 6.45) is 1.89. The minimum Gasteiger partial charge on any atom is -0.309 e. The summed E-state index contributed by atoms with van der Waals surface area (Å²) in [4.78, 5) is 15.0. The second-order valence-corrected chi connectivity index (χ2v) is 6.81. The highest BCUT2D eigenvalue weighted by Crippen LogP contribution is 2.23. The summed E-state index contributed by atoms with van der Waals surface area (Å²) < 4.78 is 2.12. The SMILES string of the molecule is O=C(c1ccccc1)C1CCN(Cc2cc3n(n2)CCNC3)CC1. The number of fused-ring (bicyclic) bond motifs is 1. The molecule has 5 nitrogen and oxygen atoms in total. The Kier molecular flexibility index (Phi) is 4.45. The Morgan fingerprint density at radius 1 is 1.17 bits per heavy atom. The lowest BCUT2D eigenvalue weighted by Crippen LogP contribution is -2.36. The van der Waals surface area contributed by atoms with Crippen LogP contribution in [0.15, 0.2) is 36.4 Å². The molecule has 1 aromatic heterocycles. The fourth-order valence-corrected chi connectivity index (χ4v) is 3.75. The number of carbonyl (C=O) groups is 1. The number of nitrogens with zero attached hydrogens (tertiary/aromatic N) is 3. The van der Waals surface area contributed by atoms with Gasteiger partial charge in [0.05, 0.1) is 17.9 Å². The van der Waals surface area contributed by atoms with Crippen LogP contribution >= 0.6 is 0 Å². The summed E-state index contributed by atoms with van der Waals surface area (Å²) in [6.45, 7) is 5.73. The van der Waals surface area contributed by atoms with E-state index in [0.29, 0.717) is 5.78 Å². The van der Waals surface area contributed by atoms with Gasteiger partial charge >= 0.3 is 0 Å². The Morgan fingerprint density at radius 3 is 2.71 bits per heavy atom. The van der Waals surface area contributed by atoms with Crippen LogP contribution in [0.5, 0.6) is 0 Å². The number of hydrogen-bond acceptors (Lipinski definition) is 4. The van der Waals surface area contributed by atoms with Crippen molar-refractivity contribution < 1.29 is 4.79 Å². The van der Waals surface area contributed by atoms with Crippen LogP contribution in [0.25, 0.3) is 0 Å². The minimum absolute atomic E-state index is 0.169. The van der Waals surface area contributed by atoms with Gasteiger partial charge < -0.3 is 5.32 Å². The van der Waals surface area contributed by atoms with Gasteiger partial charge in [-0.25, -0.2) is 0 Å². The lowest BCUT2D eigenvalue weighted by Gasteiger charge is -2.30. The second-order valence-electron chi connectivity index (χ2n) is 6.81. The van der Waals surface area contributed by atoms with E-state index in [-0.39, 0.29) is 5.92 Å². The molecule has 0 unspecified atom stereocenters. The third-order valence-electron chi connectivity index (χ3n) is 5.12. The van der Waals surface area contributed by atoms with Crippen LogP contribution in [0.1, 0.15) is 34.6 Å². The van der Waals surface area contributed by atoms with E-state index < -0.39 is 0 Å². The minimum atomic E-state index is 0.169. The fraction of sp³-hybridized carbons (Fsp3) is 0.474. The van der Waals surface area contributed by atoms with Crippen molar-refractivity contribution >= 4 is 5.78 Å². The summed E-state index contributed by atoms with van der Waals surface area (Å²) in [5.74, 6) is 0.474. The van der Waals surface area contributed by atoms with E-state index in [1.807, 2.05) is 30.3 Å². The van der Waals surface area contributed by atoms with E-state index in [1.54, 1.807) is 0 Å². The van der Waals surface area contributed by atoms with Gasteiger partial charge in [0.15, 0.2) is 5.78 Å². The largest absolute Gasteiger partial charge is 0.309 e. The summed E-state index contributed by atoms with van der Waals surface area (Å²) in [5.41, 5.74) is 3.29. The van der Waals surface area contributed by atoms with Crippen LogP contribution < -0.4 is 5.32 Å². The maximum atomic E-state index is 12.6. The first-order chi connectivity index (χ1) is 11.8. The van der Waals surface area contributed by atoms with Crippen molar-refractivity contribution in [3.8, 4) is 0 Å². The van der Waals surface area contributed by atoms with Gasteiger partial charge in [0.25, 0.3) is 0 Å². The summed E-state index contributed by atoms with van der Waals surface area (Å²) in [5, 5.41) is 8.09. The van der Waals surface area contributed by atoms with Gasteiger partial charge in [-0.2, -0.15) is 5.10 Å². The number of aromatic nitrogens is 2.